The van der Waals surface area contributed by atoms with Crippen molar-refractivity contribution in [1.82, 2.24) is 0 Å². The average molecular weight is 343 g/mol. The first-order valence-electron chi connectivity index (χ1n) is 6.00. The molecule has 0 fully saturated rings. The molecule has 2 aromatic carbocycles. The second-order valence-corrected chi connectivity index (χ2v) is 5.06. The van der Waals surface area contributed by atoms with E-state index >= 15 is 0 Å². The highest BCUT2D eigenvalue weighted by atomic mass is 79.9. The molecule has 2 aromatic rings. The van der Waals surface area contributed by atoms with Crippen LogP contribution < -0.4 is 9.47 Å². The zero-order valence-corrected chi connectivity index (χ0v) is 12.4. The normalized spacial score (nSPS) is 10.4. The first-order valence-corrected chi connectivity index (χ1v) is 6.79. The molecule has 0 spiro atoms. The molecule has 0 atom stereocenters. The molecule has 2 nitrogen and oxygen atoms in total. The molecule has 0 bridgehead atoms. The smallest absolute Gasteiger partial charge is 0.200 e. The van der Waals surface area contributed by atoms with Crippen molar-refractivity contribution in [1.29, 1.82) is 0 Å². The Morgan fingerprint density at radius 2 is 1.80 bits per heavy atom. The predicted molar refractivity (Wildman–Crippen MR) is 76.3 cm³/mol. The maximum absolute atomic E-state index is 13.5. The van der Waals surface area contributed by atoms with E-state index in [9.17, 15) is 8.78 Å². The quantitative estimate of drug-likeness (QED) is 0.751. The monoisotopic (exact) mass is 342 g/mol. The van der Waals surface area contributed by atoms with Crippen molar-refractivity contribution in [2.45, 2.75) is 6.42 Å². The lowest BCUT2D eigenvalue weighted by Crippen LogP contribution is -2.03. The fourth-order valence-electron chi connectivity index (χ4n) is 1.71. The molecule has 0 N–H and O–H groups in total. The SMILES string of the molecule is COc1ccc(CCOc2cc(Br)cc(F)c2F)cc1. The van der Waals surface area contributed by atoms with Gasteiger partial charge in [0.2, 0.25) is 5.82 Å². The minimum absolute atomic E-state index is 0.0922. The molecule has 106 valence electrons. The molecule has 0 aliphatic carbocycles. The third-order valence-electron chi connectivity index (χ3n) is 2.77. The third-order valence-corrected chi connectivity index (χ3v) is 3.22. The zero-order chi connectivity index (χ0) is 14.5. The van der Waals surface area contributed by atoms with Gasteiger partial charge >= 0.3 is 0 Å². The molecule has 2 rings (SSSR count). The fourth-order valence-corrected chi connectivity index (χ4v) is 2.12. The van der Waals surface area contributed by atoms with Crippen molar-refractivity contribution in [3.63, 3.8) is 0 Å². The van der Waals surface area contributed by atoms with Crippen LogP contribution in [-0.2, 0) is 6.42 Å². The minimum Gasteiger partial charge on any atom is -0.497 e. The molecule has 0 amide bonds. The summed E-state index contributed by atoms with van der Waals surface area (Å²) in [6.45, 7) is 0.263. The third kappa shape index (κ3) is 3.70. The second kappa shape index (κ2) is 6.70. The number of rotatable bonds is 5. The second-order valence-electron chi connectivity index (χ2n) is 4.15. The summed E-state index contributed by atoms with van der Waals surface area (Å²) in [7, 11) is 1.60. The van der Waals surface area contributed by atoms with Crippen LogP contribution in [0.2, 0.25) is 0 Å². The summed E-state index contributed by atoms with van der Waals surface area (Å²) >= 11 is 3.10. The summed E-state index contributed by atoms with van der Waals surface area (Å²) in [5, 5.41) is 0. The number of benzene rings is 2. The molecule has 0 unspecified atom stereocenters. The molecule has 20 heavy (non-hydrogen) atoms. The van der Waals surface area contributed by atoms with E-state index in [0.717, 1.165) is 17.4 Å². The van der Waals surface area contributed by atoms with Crippen molar-refractivity contribution >= 4 is 15.9 Å². The number of hydrogen-bond donors (Lipinski definition) is 0. The maximum Gasteiger partial charge on any atom is 0.200 e. The molecule has 0 aromatic heterocycles. The summed E-state index contributed by atoms with van der Waals surface area (Å²) in [6.07, 6.45) is 0.595. The van der Waals surface area contributed by atoms with Gasteiger partial charge < -0.3 is 9.47 Å². The Morgan fingerprint density at radius 1 is 1.10 bits per heavy atom. The molecular weight excluding hydrogens is 330 g/mol. The van der Waals surface area contributed by atoms with E-state index in [1.54, 1.807) is 7.11 Å². The number of ether oxygens (including phenoxy) is 2. The van der Waals surface area contributed by atoms with Gasteiger partial charge in [-0.1, -0.05) is 28.1 Å². The Bertz CT molecular complexity index is 585. The van der Waals surface area contributed by atoms with E-state index in [0.29, 0.717) is 10.9 Å². The lowest BCUT2D eigenvalue weighted by Gasteiger charge is -2.09. The van der Waals surface area contributed by atoms with Crippen molar-refractivity contribution in [2.24, 2.45) is 0 Å². The Morgan fingerprint density at radius 3 is 2.45 bits per heavy atom. The molecule has 0 aliphatic heterocycles. The Labute approximate surface area is 124 Å². The van der Waals surface area contributed by atoms with Crippen LogP contribution in [0.3, 0.4) is 0 Å². The largest absolute Gasteiger partial charge is 0.497 e. The van der Waals surface area contributed by atoms with Gasteiger partial charge in [0.05, 0.1) is 13.7 Å². The first kappa shape index (κ1) is 14.8. The van der Waals surface area contributed by atoms with E-state index in [1.807, 2.05) is 24.3 Å². The van der Waals surface area contributed by atoms with Crippen LogP contribution in [0.15, 0.2) is 40.9 Å². The van der Waals surface area contributed by atoms with Gasteiger partial charge in [-0.05, 0) is 29.8 Å². The highest BCUT2D eigenvalue weighted by Crippen LogP contribution is 2.25. The van der Waals surface area contributed by atoms with Crippen molar-refractivity contribution in [3.8, 4) is 11.5 Å². The molecular formula is C15H13BrF2O2. The summed E-state index contributed by atoms with van der Waals surface area (Å²) in [5.74, 6) is -1.22. The molecule has 0 saturated heterocycles. The lowest BCUT2D eigenvalue weighted by molar-refractivity contribution is 0.298. The summed E-state index contributed by atoms with van der Waals surface area (Å²) < 4.78 is 37.4. The Hall–Kier alpha value is -1.62. The van der Waals surface area contributed by atoms with Gasteiger partial charge in [-0.3, -0.25) is 0 Å². The topological polar surface area (TPSA) is 18.5 Å². The zero-order valence-electron chi connectivity index (χ0n) is 10.8. The van der Waals surface area contributed by atoms with Crippen molar-refractivity contribution in [3.05, 3.63) is 58.1 Å². The summed E-state index contributed by atoms with van der Waals surface area (Å²) in [6, 6.07) is 9.96. The van der Waals surface area contributed by atoms with Crippen LogP contribution in [0.4, 0.5) is 8.78 Å². The van der Waals surface area contributed by atoms with Crippen LogP contribution >= 0.6 is 15.9 Å². The number of hydrogen-bond acceptors (Lipinski definition) is 2. The van der Waals surface area contributed by atoms with E-state index < -0.39 is 11.6 Å². The van der Waals surface area contributed by atoms with E-state index in [1.165, 1.54) is 6.07 Å². The maximum atomic E-state index is 13.5. The highest BCUT2D eigenvalue weighted by Gasteiger charge is 2.11. The predicted octanol–water partition coefficient (Wildman–Crippen LogP) is 4.36. The number of halogens is 3. The van der Waals surface area contributed by atoms with Gasteiger partial charge in [-0.2, -0.15) is 4.39 Å². The molecule has 0 heterocycles. The average Bonchev–Trinajstić information content (AvgIpc) is 2.44. The van der Waals surface area contributed by atoms with Gasteiger partial charge in [0.15, 0.2) is 11.6 Å². The van der Waals surface area contributed by atoms with Crippen molar-refractivity contribution in [2.75, 3.05) is 13.7 Å². The highest BCUT2D eigenvalue weighted by molar-refractivity contribution is 9.10. The van der Waals surface area contributed by atoms with Crippen LogP contribution in [0.25, 0.3) is 0 Å². The van der Waals surface area contributed by atoms with E-state index in [2.05, 4.69) is 15.9 Å². The summed E-state index contributed by atoms with van der Waals surface area (Å²) in [4.78, 5) is 0. The molecule has 0 saturated carbocycles. The molecule has 0 radical (unpaired) electrons. The Kier molecular flexibility index (Phi) is 4.95. The van der Waals surface area contributed by atoms with Gasteiger partial charge in [-0.15, -0.1) is 0 Å². The van der Waals surface area contributed by atoms with E-state index in [4.69, 9.17) is 9.47 Å². The fraction of sp³-hybridized carbons (Fsp3) is 0.200. The van der Waals surface area contributed by atoms with Gasteiger partial charge in [0.1, 0.15) is 5.75 Å². The summed E-state index contributed by atoms with van der Waals surface area (Å²) in [5.41, 5.74) is 1.03. The van der Waals surface area contributed by atoms with E-state index in [-0.39, 0.29) is 12.4 Å². The van der Waals surface area contributed by atoms with Crippen molar-refractivity contribution < 1.29 is 18.3 Å². The van der Waals surface area contributed by atoms with Crippen LogP contribution in [0.5, 0.6) is 11.5 Å². The minimum atomic E-state index is -0.970. The molecule has 0 aliphatic rings. The van der Waals surface area contributed by atoms with Gasteiger partial charge in [-0.25, -0.2) is 4.39 Å². The standard InChI is InChI=1S/C15H13BrF2O2/c1-19-12-4-2-10(3-5-12)6-7-20-14-9-11(16)8-13(17)15(14)18/h2-5,8-9H,6-7H2,1H3. The van der Waals surface area contributed by atoms with Gasteiger partial charge in [0.25, 0.3) is 0 Å². The first-order chi connectivity index (χ1) is 9.60. The van der Waals surface area contributed by atoms with Gasteiger partial charge in [0, 0.05) is 10.9 Å². The Balaban J connectivity index is 1.95. The number of methoxy groups -OCH3 is 1. The van der Waals surface area contributed by atoms with Crippen LogP contribution in [0.1, 0.15) is 5.56 Å². The van der Waals surface area contributed by atoms with Crippen LogP contribution in [0, 0.1) is 11.6 Å². The lowest BCUT2D eigenvalue weighted by atomic mass is 10.1. The molecule has 5 heteroatoms. The van der Waals surface area contributed by atoms with Crippen LogP contribution in [-0.4, -0.2) is 13.7 Å².